The quantitative estimate of drug-likeness (QED) is 0.773. The number of anilines is 1. The number of methoxy groups -OCH3 is 1. The van der Waals surface area contributed by atoms with Crippen LogP contribution in [0.2, 0.25) is 5.15 Å². The van der Waals surface area contributed by atoms with Crippen LogP contribution in [-0.2, 0) is 10.6 Å². The van der Waals surface area contributed by atoms with E-state index in [1.54, 1.807) is 18.4 Å². The summed E-state index contributed by atoms with van der Waals surface area (Å²) in [5, 5.41) is 1.47. The van der Waals surface area contributed by atoms with Crippen molar-refractivity contribution in [2.75, 3.05) is 25.1 Å². The van der Waals surface area contributed by atoms with Crippen LogP contribution in [0.1, 0.15) is 4.88 Å². The van der Waals surface area contributed by atoms with Gasteiger partial charge in [0.1, 0.15) is 5.15 Å². The Hall–Kier alpha value is -0.0300. The Balaban J connectivity index is 2.04. The van der Waals surface area contributed by atoms with E-state index < -0.39 is 0 Å². The van der Waals surface area contributed by atoms with E-state index in [4.69, 9.17) is 27.9 Å². The predicted molar refractivity (Wildman–Crippen MR) is 59.7 cm³/mol. The summed E-state index contributed by atoms with van der Waals surface area (Å²) in [4.78, 5) is 7.32. The molecule has 0 aliphatic carbocycles. The molecule has 2 heterocycles. The summed E-state index contributed by atoms with van der Waals surface area (Å²) in [6.07, 6.45) is 0.331. The second kappa shape index (κ2) is 4.23. The molecule has 0 saturated carbocycles. The number of aromatic nitrogens is 1. The molecule has 0 atom stereocenters. The van der Waals surface area contributed by atoms with Crippen molar-refractivity contribution >= 4 is 39.7 Å². The van der Waals surface area contributed by atoms with Gasteiger partial charge in [0.25, 0.3) is 0 Å². The third-order valence-electron chi connectivity index (χ3n) is 2.21. The van der Waals surface area contributed by atoms with Crippen LogP contribution >= 0.6 is 34.5 Å². The zero-order valence-corrected chi connectivity index (χ0v) is 9.99. The van der Waals surface area contributed by atoms with Gasteiger partial charge >= 0.3 is 0 Å². The summed E-state index contributed by atoms with van der Waals surface area (Å²) in [6, 6.07) is 0. The second-order valence-electron chi connectivity index (χ2n) is 3.11. The first kappa shape index (κ1) is 10.5. The molecule has 3 nitrogen and oxygen atoms in total. The van der Waals surface area contributed by atoms with Crippen LogP contribution in [0.4, 0.5) is 5.13 Å². The fraction of sp³-hybridized carbons (Fsp3) is 0.625. The minimum Gasteiger partial charge on any atom is -0.378 e. The summed E-state index contributed by atoms with van der Waals surface area (Å²) in [5.41, 5.74) is 0. The highest BCUT2D eigenvalue weighted by atomic mass is 35.5. The van der Waals surface area contributed by atoms with Crippen molar-refractivity contribution < 1.29 is 4.74 Å². The largest absolute Gasteiger partial charge is 0.378 e. The SMILES string of the molecule is COC1CN(c2nc(Cl)c(CCl)s2)C1. The fourth-order valence-electron chi connectivity index (χ4n) is 1.28. The molecule has 14 heavy (non-hydrogen) atoms. The van der Waals surface area contributed by atoms with Crippen molar-refractivity contribution in [3.05, 3.63) is 10.0 Å². The van der Waals surface area contributed by atoms with Crippen LogP contribution < -0.4 is 4.90 Å². The number of nitrogens with zero attached hydrogens (tertiary/aromatic N) is 2. The Kier molecular flexibility index (Phi) is 3.17. The number of hydrogen-bond donors (Lipinski definition) is 0. The molecule has 0 aromatic carbocycles. The molecule has 1 saturated heterocycles. The lowest BCUT2D eigenvalue weighted by Gasteiger charge is -2.37. The van der Waals surface area contributed by atoms with Crippen LogP contribution in [0.3, 0.4) is 0 Å². The molecule has 1 aromatic heterocycles. The zero-order chi connectivity index (χ0) is 10.1. The smallest absolute Gasteiger partial charge is 0.187 e. The summed E-state index contributed by atoms with van der Waals surface area (Å²) in [5.74, 6) is 0.429. The normalized spacial score (nSPS) is 17.2. The summed E-state index contributed by atoms with van der Waals surface area (Å²) < 4.78 is 5.18. The van der Waals surface area contributed by atoms with Crippen LogP contribution in [0.15, 0.2) is 0 Å². The maximum Gasteiger partial charge on any atom is 0.187 e. The van der Waals surface area contributed by atoms with Gasteiger partial charge in [0.2, 0.25) is 0 Å². The van der Waals surface area contributed by atoms with Gasteiger partial charge in [-0.3, -0.25) is 0 Å². The zero-order valence-electron chi connectivity index (χ0n) is 7.67. The molecule has 1 fully saturated rings. The van der Waals surface area contributed by atoms with Crippen LogP contribution in [0.25, 0.3) is 0 Å². The lowest BCUT2D eigenvalue weighted by molar-refractivity contribution is 0.0787. The van der Waals surface area contributed by atoms with Crippen molar-refractivity contribution in [3.63, 3.8) is 0 Å². The molecule has 0 N–H and O–H groups in total. The molecule has 78 valence electrons. The Bertz CT molecular complexity index is 325. The third kappa shape index (κ3) is 1.84. The Labute approximate surface area is 96.6 Å². The average molecular weight is 253 g/mol. The standard InChI is InChI=1S/C8H10Cl2N2OS/c1-13-5-3-12(4-5)8-11-7(10)6(2-9)14-8/h5H,2-4H2,1H3. The Morgan fingerprint density at radius 1 is 1.64 bits per heavy atom. The lowest BCUT2D eigenvalue weighted by Crippen LogP contribution is -2.51. The molecular formula is C8H10Cl2N2OS. The monoisotopic (exact) mass is 252 g/mol. The molecular weight excluding hydrogens is 243 g/mol. The van der Waals surface area contributed by atoms with E-state index in [0.717, 1.165) is 23.1 Å². The van der Waals surface area contributed by atoms with Gasteiger partial charge in [-0.1, -0.05) is 22.9 Å². The molecule has 2 rings (SSSR count). The van der Waals surface area contributed by atoms with Crippen molar-refractivity contribution in [1.82, 2.24) is 4.98 Å². The minimum atomic E-state index is 0.331. The molecule has 0 bridgehead atoms. The highest BCUT2D eigenvalue weighted by Crippen LogP contribution is 2.33. The topological polar surface area (TPSA) is 25.4 Å². The molecule has 1 aromatic rings. The van der Waals surface area contributed by atoms with Crippen molar-refractivity contribution in [2.24, 2.45) is 0 Å². The van der Waals surface area contributed by atoms with Gasteiger partial charge in [-0.15, -0.1) is 11.6 Å². The average Bonchev–Trinajstić information content (AvgIpc) is 2.45. The van der Waals surface area contributed by atoms with Crippen molar-refractivity contribution in [3.8, 4) is 0 Å². The minimum absolute atomic E-state index is 0.331. The molecule has 1 aliphatic heterocycles. The number of halogens is 2. The Morgan fingerprint density at radius 2 is 2.36 bits per heavy atom. The van der Waals surface area contributed by atoms with E-state index in [1.807, 2.05) is 0 Å². The van der Waals surface area contributed by atoms with E-state index in [2.05, 4.69) is 9.88 Å². The molecule has 0 amide bonds. The van der Waals surface area contributed by atoms with Crippen LogP contribution in [0.5, 0.6) is 0 Å². The van der Waals surface area contributed by atoms with Gasteiger partial charge in [-0.25, -0.2) is 4.98 Å². The number of thiazole rings is 1. The number of hydrogen-bond acceptors (Lipinski definition) is 4. The molecule has 0 radical (unpaired) electrons. The maximum atomic E-state index is 5.90. The number of ether oxygens (including phenoxy) is 1. The lowest BCUT2D eigenvalue weighted by atomic mass is 10.2. The maximum absolute atomic E-state index is 5.90. The third-order valence-corrected chi connectivity index (χ3v) is 4.18. The summed E-state index contributed by atoms with van der Waals surface area (Å²) >= 11 is 13.2. The van der Waals surface area contributed by atoms with Gasteiger partial charge in [0.15, 0.2) is 5.13 Å². The van der Waals surface area contributed by atoms with E-state index in [9.17, 15) is 0 Å². The van der Waals surface area contributed by atoms with Gasteiger partial charge in [0.05, 0.1) is 16.9 Å². The van der Waals surface area contributed by atoms with Gasteiger partial charge in [-0.05, 0) is 0 Å². The first-order valence-electron chi connectivity index (χ1n) is 4.23. The summed E-state index contributed by atoms with van der Waals surface area (Å²) in [6.45, 7) is 1.78. The van der Waals surface area contributed by atoms with E-state index in [-0.39, 0.29) is 0 Å². The van der Waals surface area contributed by atoms with E-state index in [0.29, 0.717) is 17.1 Å². The van der Waals surface area contributed by atoms with Crippen molar-refractivity contribution in [2.45, 2.75) is 12.0 Å². The fourth-order valence-corrected chi connectivity index (χ4v) is 2.77. The summed E-state index contributed by atoms with van der Waals surface area (Å²) in [7, 11) is 1.72. The van der Waals surface area contributed by atoms with Gasteiger partial charge in [-0.2, -0.15) is 0 Å². The molecule has 0 unspecified atom stereocenters. The first-order chi connectivity index (χ1) is 6.74. The van der Waals surface area contributed by atoms with Crippen molar-refractivity contribution in [1.29, 1.82) is 0 Å². The Morgan fingerprint density at radius 3 is 2.86 bits per heavy atom. The van der Waals surface area contributed by atoms with Gasteiger partial charge in [0, 0.05) is 20.2 Å². The molecule has 1 aliphatic rings. The predicted octanol–water partition coefficient (Wildman–Crippen LogP) is 2.37. The number of alkyl halides is 1. The van der Waals surface area contributed by atoms with Crippen LogP contribution in [0, 0.1) is 0 Å². The second-order valence-corrected chi connectivity index (χ2v) is 4.79. The highest BCUT2D eigenvalue weighted by molar-refractivity contribution is 7.16. The number of rotatable bonds is 3. The molecule has 0 spiro atoms. The van der Waals surface area contributed by atoms with Gasteiger partial charge < -0.3 is 9.64 Å². The van der Waals surface area contributed by atoms with E-state index in [1.165, 1.54) is 0 Å². The first-order valence-corrected chi connectivity index (χ1v) is 5.96. The molecule has 6 heteroatoms. The van der Waals surface area contributed by atoms with Crippen LogP contribution in [-0.4, -0.2) is 31.3 Å². The van der Waals surface area contributed by atoms with E-state index >= 15 is 0 Å². The highest BCUT2D eigenvalue weighted by Gasteiger charge is 2.29.